The van der Waals surface area contributed by atoms with Crippen LogP contribution in [0.3, 0.4) is 0 Å². The smallest absolute Gasteiger partial charge is 0.243 e. The van der Waals surface area contributed by atoms with Crippen molar-refractivity contribution in [3.63, 3.8) is 0 Å². The lowest BCUT2D eigenvalue weighted by Crippen LogP contribution is -2.36. The van der Waals surface area contributed by atoms with E-state index in [1.165, 1.54) is 16.9 Å². The van der Waals surface area contributed by atoms with Crippen molar-refractivity contribution in [2.45, 2.75) is 33.2 Å². The lowest BCUT2D eigenvalue weighted by molar-refractivity contribution is -0.117. The van der Waals surface area contributed by atoms with Crippen molar-refractivity contribution in [3.8, 4) is 0 Å². The van der Waals surface area contributed by atoms with E-state index in [0.717, 1.165) is 10.2 Å². The molecule has 1 heterocycles. The van der Waals surface area contributed by atoms with Gasteiger partial charge in [-0.1, -0.05) is 31.3 Å². The SMILES string of the molecule is Cc1ccc2nc(NC(=O)C(N)CC(C)C)sc2c1. The number of anilines is 1. The fraction of sp³-hybridized carbons (Fsp3) is 0.429. The molecule has 19 heavy (non-hydrogen) atoms. The van der Waals surface area contributed by atoms with Gasteiger partial charge in [-0.05, 0) is 37.0 Å². The topological polar surface area (TPSA) is 68.0 Å². The molecule has 0 saturated heterocycles. The number of aryl methyl sites for hydroxylation is 1. The van der Waals surface area contributed by atoms with Crippen LogP contribution < -0.4 is 11.1 Å². The van der Waals surface area contributed by atoms with Gasteiger partial charge in [0.15, 0.2) is 5.13 Å². The summed E-state index contributed by atoms with van der Waals surface area (Å²) >= 11 is 1.48. The van der Waals surface area contributed by atoms with Crippen molar-refractivity contribution in [2.75, 3.05) is 5.32 Å². The monoisotopic (exact) mass is 277 g/mol. The molecular weight excluding hydrogens is 258 g/mol. The molecule has 1 aromatic carbocycles. The van der Waals surface area contributed by atoms with Crippen LogP contribution in [0.4, 0.5) is 5.13 Å². The number of benzene rings is 1. The zero-order valence-electron chi connectivity index (χ0n) is 11.4. The molecule has 1 unspecified atom stereocenters. The highest BCUT2D eigenvalue weighted by Gasteiger charge is 2.16. The molecule has 102 valence electrons. The molecule has 2 aromatic rings. The standard InChI is InChI=1S/C14H19N3OS/c1-8(2)6-10(15)13(18)17-14-16-11-5-4-9(3)7-12(11)19-14/h4-5,7-8,10H,6,15H2,1-3H3,(H,16,17,18). The predicted molar refractivity (Wildman–Crippen MR) is 80.4 cm³/mol. The second kappa shape index (κ2) is 5.67. The third-order valence-electron chi connectivity index (χ3n) is 2.84. The Morgan fingerprint density at radius 1 is 1.47 bits per heavy atom. The highest BCUT2D eigenvalue weighted by molar-refractivity contribution is 7.22. The van der Waals surface area contributed by atoms with Gasteiger partial charge < -0.3 is 11.1 Å². The van der Waals surface area contributed by atoms with E-state index in [0.29, 0.717) is 17.5 Å². The zero-order chi connectivity index (χ0) is 14.0. The number of carbonyl (C=O) groups is 1. The Hall–Kier alpha value is -1.46. The number of hydrogen-bond donors (Lipinski definition) is 2. The molecule has 0 fully saturated rings. The summed E-state index contributed by atoms with van der Waals surface area (Å²) < 4.78 is 1.08. The number of rotatable bonds is 4. The molecule has 2 rings (SSSR count). The first-order chi connectivity index (χ1) is 8.95. The molecule has 0 radical (unpaired) electrons. The van der Waals surface area contributed by atoms with Crippen molar-refractivity contribution in [1.82, 2.24) is 4.98 Å². The Balaban J connectivity index is 2.10. The van der Waals surface area contributed by atoms with Gasteiger partial charge in [-0.25, -0.2) is 4.98 Å². The molecule has 1 amide bonds. The number of carbonyl (C=O) groups excluding carboxylic acids is 1. The highest BCUT2D eigenvalue weighted by Crippen LogP contribution is 2.26. The van der Waals surface area contributed by atoms with E-state index in [-0.39, 0.29) is 5.91 Å². The number of nitrogens with zero attached hydrogens (tertiary/aromatic N) is 1. The third-order valence-corrected chi connectivity index (χ3v) is 3.77. The van der Waals surface area contributed by atoms with Gasteiger partial charge in [0.1, 0.15) is 0 Å². The van der Waals surface area contributed by atoms with Crippen LogP contribution in [0, 0.1) is 12.8 Å². The average Bonchev–Trinajstić information content (AvgIpc) is 2.69. The Kier molecular flexibility index (Phi) is 4.17. The van der Waals surface area contributed by atoms with Crippen LogP contribution in [0.25, 0.3) is 10.2 Å². The normalized spacial score (nSPS) is 12.9. The number of aromatic nitrogens is 1. The Morgan fingerprint density at radius 3 is 2.89 bits per heavy atom. The van der Waals surface area contributed by atoms with Gasteiger partial charge in [0.2, 0.25) is 5.91 Å². The lowest BCUT2D eigenvalue weighted by atomic mass is 10.0. The van der Waals surface area contributed by atoms with E-state index in [1.807, 2.05) is 32.9 Å². The number of amides is 1. The first-order valence-corrected chi connectivity index (χ1v) is 7.21. The molecule has 1 atom stereocenters. The molecule has 5 heteroatoms. The molecule has 0 saturated carbocycles. The minimum atomic E-state index is -0.478. The first kappa shape index (κ1) is 14.0. The fourth-order valence-electron chi connectivity index (χ4n) is 1.90. The molecule has 1 aromatic heterocycles. The molecule has 0 spiro atoms. The largest absolute Gasteiger partial charge is 0.320 e. The zero-order valence-corrected chi connectivity index (χ0v) is 12.3. The second-order valence-corrected chi connectivity index (χ2v) is 6.25. The Morgan fingerprint density at radius 2 is 2.21 bits per heavy atom. The summed E-state index contributed by atoms with van der Waals surface area (Å²) in [4.78, 5) is 16.3. The van der Waals surface area contributed by atoms with E-state index in [2.05, 4.69) is 16.4 Å². The van der Waals surface area contributed by atoms with Crippen molar-refractivity contribution in [2.24, 2.45) is 11.7 Å². The number of nitrogens with one attached hydrogen (secondary N) is 1. The van der Waals surface area contributed by atoms with Crippen molar-refractivity contribution < 1.29 is 4.79 Å². The van der Waals surface area contributed by atoms with Crippen molar-refractivity contribution in [1.29, 1.82) is 0 Å². The lowest BCUT2D eigenvalue weighted by Gasteiger charge is -2.12. The minimum absolute atomic E-state index is 0.163. The van der Waals surface area contributed by atoms with Gasteiger partial charge in [-0.15, -0.1) is 0 Å². The van der Waals surface area contributed by atoms with E-state index >= 15 is 0 Å². The number of fused-ring (bicyclic) bond motifs is 1. The quantitative estimate of drug-likeness (QED) is 0.903. The maximum absolute atomic E-state index is 11.9. The molecule has 0 bridgehead atoms. The van der Waals surface area contributed by atoms with Gasteiger partial charge >= 0.3 is 0 Å². The van der Waals surface area contributed by atoms with Gasteiger partial charge in [-0.2, -0.15) is 0 Å². The third kappa shape index (κ3) is 3.52. The van der Waals surface area contributed by atoms with Crippen LogP contribution in [0.1, 0.15) is 25.8 Å². The molecular formula is C14H19N3OS. The summed E-state index contributed by atoms with van der Waals surface area (Å²) in [6.07, 6.45) is 0.676. The van der Waals surface area contributed by atoms with Crippen molar-refractivity contribution in [3.05, 3.63) is 23.8 Å². The maximum atomic E-state index is 11.9. The average molecular weight is 277 g/mol. The number of hydrogen-bond acceptors (Lipinski definition) is 4. The summed E-state index contributed by atoms with van der Waals surface area (Å²) in [7, 11) is 0. The Labute approximate surface area is 117 Å². The second-order valence-electron chi connectivity index (χ2n) is 5.22. The molecule has 0 aliphatic rings. The number of thiazole rings is 1. The van der Waals surface area contributed by atoms with Crippen LogP contribution in [0.15, 0.2) is 18.2 Å². The van der Waals surface area contributed by atoms with Crippen LogP contribution in [0.2, 0.25) is 0 Å². The summed E-state index contributed by atoms with van der Waals surface area (Å²) in [6.45, 7) is 6.14. The maximum Gasteiger partial charge on any atom is 0.243 e. The van der Waals surface area contributed by atoms with E-state index in [9.17, 15) is 4.79 Å². The molecule has 3 N–H and O–H groups in total. The highest BCUT2D eigenvalue weighted by atomic mass is 32.1. The van der Waals surface area contributed by atoms with Gasteiger partial charge in [0.25, 0.3) is 0 Å². The fourth-order valence-corrected chi connectivity index (χ4v) is 2.87. The summed E-state index contributed by atoms with van der Waals surface area (Å²) in [6, 6.07) is 5.56. The summed E-state index contributed by atoms with van der Waals surface area (Å²) in [5.74, 6) is 0.239. The summed E-state index contributed by atoms with van der Waals surface area (Å²) in [5, 5.41) is 3.41. The van der Waals surface area contributed by atoms with E-state index in [1.54, 1.807) is 0 Å². The van der Waals surface area contributed by atoms with Crippen LogP contribution >= 0.6 is 11.3 Å². The van der Waals surface area contributed by atoms with Crippen LogP contribution in [-0.2, 0) is 4.79 Å². The molecule has 0 aliphatic carbocycles. The molecule has 0 aliphatic heterocycles. The van der Waals surface area contributed by atoms with Crippen molar-refractivity contribution >= 4 is 32.6 Å². The van der Waals surface area contributed by atoms with E-state index < -0.39 is 6.04 Å². The predicted octanol–water partition coefficient (Wildman–Crippen LogP) is 2.92. The van der Waals surface area contributed by atoms with E-state index in [4.69, 9.17) is 5.73 Å². The van der Waals surface area contributed by atoms with Crippen LogP contribution in [-0.4, -0.2) is 16.9 Å². The summed E-state index contributed by atoms with van der Waals surface area (Å²) in [5.41, 5.74) is 7.94. The van der Waals surface area contributed by atoms with Gasteiger partial charge in [0.05, 0.1) is 16.3 Å². The Bertz CT molecular complexity index is 591. The molecule has 4 nitrogen and oxygen atoms in total. The van der Waals surface area contributed by atoms with Crippen LogP contribution in [0.5, 0.6) is 0 Å². The first-order valence-electron chi connectivity index (χ1n) is 6.39. The van der Waals surface area contributed by atoms with Gasteiger partial charge in [-0.3, -0.25) is 4.79 Å². The number of nitrogens with two attached hydrogens (primary N) is 1. The van der Waals surface area contributed by atoms with Gasteiger partial charge in [0, 0.05) is 0 Å². The minimum Gasteiger partial charge on any atom is -0.320 e.